The first-order valence-corrected chi connectivity index (χ1v) is 6.92. The van der Waals surface area contributed by atoms with Gasteiger partial charge in [-0.1, -0.05) is 30.3 Å². The molecule has 1 aromatic carbocycles. The molecule has 1 atom stereocenters. The van der Waals surface area contributed by atoms with Gasteiger partial charge in [-0.25, -0.2) is 4.79 Å². The number of carboxylic acids is 1. The molecule has 0 bridgehead atoms. The number of carbonyl (C=O) groups excluding carboxylic acids is 1. The molecule has 0 fully saturated rings. The normalized spacial score (nSPS) is 12.6. The van der Waals surface area contributed by atoms with Crippen molar-refractivity contribution in [1.82, 2.24) is 15.1 Å². The van der Waals surface area contributed by atoms with Gasteiger partial charge < -0.3 is 10.4 Å². The number of aliphatic carboxylic acids is 1. The van der Waals surface area contributed by atoms with Crippen molar-refractivity contribution in [3.63, 3.8) is 0 Å². The molecule has 2 aromatic rings. The van der Waals surface area contributed by atoms with Crippen LogP contribution >= 0.6 is 0 Å². The second kappa shape index (κ2) is 7.16. The lowest BCUT2D eigenvalue weighted by Crippen LogP contribution is -2.43. The fraction of sp³-hybridized carbons (Fsp3) is 0.267. The van der Waals surface area contributed by atoms with Crippen molar-refractivity contribution in [2.45, 2.75) is 25.2 Å². The van der Waals surface area contributed by atoms with E-state index in [-0.39, 0.29) is 6.42 Å². The lowest BCUT2D eigenvalue weighted by Gasteiger charge is -2.14. The van der Waals surface area contributed by atoms with E-state index in [9.17, 15) is 27.9 Å². The number of aromatic nitrogens is 2. The minimum absolute atomic E-state index is 0.0643. The number of hydrogen-bond donors (Lipinski definition) is 2. The molecule has 0 radical (unpaired) electrons. The largest absolute Gasteiger partial charge is 0.480 e. The van der Waals surface area contributed by atoms with E-state index in [4.69, 9.17) is 0 Å². The molecule has 9 heteroatoms. The van der Waals surface area contributed by atoms with E-state index in [0.29, 0.717) is 5.56 Å². The maximum Gasteiger partial charge on any atom is 0.435 e. The fourth-order valence-electron chi connectivity index (χ4n) is 2.04. The number of nitrogens with zero attached hydrogens (tertiary/aromatic N) is 2. The average molecular weight is 341 g/mol. The summed E-state index contributed by atoms with van der Waals surface area (Å²) < 4.78 is 38.1. The molecule has 1 heterocycles. The number of benzene rings is 1. The number of hydrogen-bond acceptors (Lipinski definition) is 3. The second-order valence-corrected chi connectivity index (χ2v) is 5.04. The Balaban J connectivity index is 1.98. The summed E-state index contributed by atoms with van der Waals surface area (Å²) in [5.74, 6) is -1.97. The van der Waals surface area contributed by atoms with Gasteiger partial charge in [-0.2, -0.15) is 18.3 Å². The van der Waals surface area contributed by atoms with Gasteiger partial charge in [0.1, 0.15) is 12.6 Å². The molecule has 0 spiro atoms. The Hall–Kier alpha value is -2.84. The molecule has 0 saturated heterocycles. The highest BCUT2D eigenvalue weighted by Gasteiger charge is 2.33. The van der Waals surface area contributed by atoms with Gasteiger partial charge in [0.15, 0.2) is 5.69 Å². The molecular weight excluding hydrogens is 327 g/mol. The van der Waals surface area contributed by atoms with Crippen LogP contribution in [0.2, 0.25) is 0 Å². The van der Waals surface area contributed by atoms with E-state index in [1.807, 2.05) is 0 Å². The van der Waals surface area contributed by atoms with Crippen LogP contribution in [-0.2, 0) is 28.7 Å². The van der Waals surface area contributed by atoms with Gasteiger partial charge in [0.2, 0.25) is 5.91 Å². The lowest BCUT2D eigenvalue weighted by molar-refractivity contribution is -0.142. The van der Waals surface area contributed by atoms with Crippen molar-refractivity contribution in [2.75, 3.05) is 0 Å². The topological polar surface area (TPSA) is 84.2 Å². The number of carboxylic acid groups (broad SMARTS) is 1. The third kappa shape index (κ3) is 4.83. The molecule has 1 amide bonds. The molecule has 128 valence electrons. The average Bonchev–Trinajstić information content (AvgIpc) is 2.96. The number of carbonyl (C=O) groups is 2. The van der Waals surface area contributed by atoms with E-state index in [1.54, 1.807) is 30.3 Å². The second-order valence-electron chi connectivity index (χ2n) is 5.04. The van der Waals surface area contributed by atoms with Gasteiger partial charge in [-0.3, -0.25) is 9.48 Å². The summed E-state index contributed by atoms with van der Waals surface area (Å²) >= 11 is 0. The molecule has 6 nitrogen and oxygen atoms in total. The van der Waals surface area contributed by atoms with E-state index < -0.39 is 36.3 Å². The van der Waals surface area contributed by atoms with Crippen LogP contribution in [0, 0.1) is 0 Å². The smallest absolute Gasteiger partial charge is 0.435 e. The Labute approximate surface area is 134 Å². The van der Waals surface area contributed by atoms with Crippen molar-refractivity contribution in [1.29, 1.82) is 0 Å². The maximum atomic E-state index is 12.4. The molecule has 0 aliphatic heterocycles. The van der Waals surface area contributed by atoms with Crippen LogP contribution in [0.3, 0.4) is 0 Å². The van der Waals surface area contributed by atoms with Crippen LogP contribution in [0.25, 0.3) is 0 Å². The van der Waals surface area contributed by atoms with Crippen LogP contribution in [0.1, 0.15) is 11.3 Å². The Morgan fingerprint density at radius 3 is 2.42 bits per heavy atom. The van der Waals surface area contributed by atoms with Crippen molar-refractivity contribution in [3.8, 4) is 0 Å². The van der Waals surface area contributed by atoms with Crippen molar-refractivity contribution < 1.29 is 27.9 Å². The van der Waals surface area contributed by atoms with Crippen molar-refractivity contribution in [2.24, 2.45) is 0 Å². The fourth-order valence-corrected chi connectivity index (χ4v) is 2.04. The van der Waals surface area contributed by atoms with Gasteiger partial charge in [-0.05, 0) is 11.6 Å². The number of alkyl halides is 3. The van der Waals surface area contributed by atoms with Crippen molar-refractivity contribution >= 4 is 11.9 Å². The number of amides is 1. The Kier molecular flexibility index (Phi) is 5.22. The first-order chi connectivity index (χ1) is 11.3. The van der Waals surface area contributed by atoms with E-state index in [0.717, 1.165) is 16.9 Å². The number of nitrogens with one attached hydrogen (secondary N) is 1. The van der Waals surface area contributed by atoms with Crippen LogP contribution in [0.5, 0.6) is 0 Å². The van der Waals surface area contributed by atoms with Crippen LogP contribution in [-0.4, -0.2) is 32.8 Å². The summed E-state index contributed by atoms with van der Waals surface area (Å²) in [5.41, 5.74) is -0.405. The summed E-state index contributed by atoms with van der Waals surface area (Å²) in [4.78, 5) is 23.1. The maximum absolute atomic E-state index is 12.4. The molecule has 1 aromatic heterocycles. The summed E-state index contributed by atoms with van der Waals surface area (Å²) in [5, 5.41) is 14.7. The summed E-state index contributed by atoms with van der Waals surface area (Å²) in [6.45, 7) is -0.505. The molecule has 0 saturated carbocycles. The first kappa shape index (κ1) is 17.5. The van der Waals surface area contributed by atoms with E-state index in [1.165, 1.54) is 0 Å². The third-order valence-corrected chi connectivity index (χ3v) is 3.15. The molecular formula is C15H14F3N3O3. The van der Waals surface area contributed by atoms with Gasteiger partial charge in [0, 0.05) is 12.6 Å². The Morgan fingerprint density at radius 2 is 1.88 bits per heavy atom. The van der Waals surface area contributed by atoms with Crippen LogP contribution in [0.4, 0.5) is 13.2 Å². The SMILES string of the molecule is O=C(Cn1ccc(C(F)(F)F)n1)N[C@H](Cc1ccccc1)C(=O)O. The molecule has 2 rings (SSSR count). The third-order valence-electron chi connectivity index (χ3n) is 3.15. The highest BCUT2D eigenvalue weighted by atomic mass is 19.4. The van der Waals surface area contributed by atoms with Gasteiger partial charge in [-0.15, -0.1) is 0 Å². The molecule has 0 aliphatic rings. The predicted octanol–water partition coefficient (Wildman–Crippen LogP) is 1.71. The Bertz CT molecular complexity index is 713. The van der Waals surface area contributed by atoms with E-state index in [2.05, 4.69) is 10.4 Å². The monoisotopic (exact) mass is 341 g/mol. The molecule has 0 unspecified atom stereocenters. The zero-order valence-corrected chi connectivity index (χ0v) is 12.3. The first-order valence-electron chi connectivity index (χ1n) is 6.92. The predicted molar refractivity (Wildman–Crippen MR) is 76.9 cm³/mol. The summed E-state index contributed by atoms with van der Waals surface area (Å²) in [7, 11) is 0. The van der Waals surface area contributed by atoms with Crippen molar-refractivity contribution in [3.05, 3.63) is 53.9 Å². The quantitative estimate of drug-likeness (QED) is 0.838. The van der Waals surface area contributed by atoms with Crippen LogP contribution < -0.4 is 5.32 Å². The van der Waals surface area contributed by atoms with E-state index >= 15 is 0 Å². The highest BCUT2D eigenvalue weighted by Crippen LogP contribution is 2.27. The zero-order chi connectivity index (χ0) is 17.7. The zero-order valence-electron chi connectivity index (χ0n) is 12.3. The number of halogens is 3. The standard InChI is InChI=1S/C15H14F3N3O3/c16-15(17,18)12-6-7-21(20-12)9-13(22)19-11(14(23)24)8-10-4-2-1-3-5-10/h1-7,11H,8-9H2,(H,19,22)(H,23,24)/t11-/m1/s1. The highest BCUT2D eigenvalue weighted by molar-refractivity contribution is 5.83. The van der Waals surface area contributed by atoms with Crippen LogP contribution in [0.15, 0.2) is 42.6 Å². The molecule has 2 N–H and O–H groups in total. The van der Waals surface area contributed by atoms with Gasteiger partial charge >= 0.3 is 12.1 Å². The molecule has 24 heavy (non-hydrogen) atoms. The van der Waals surface area contributed by atoms with Gasteiger partial charge in [0.05, 0.1) is 0 Å². The summed E-state index contributed by atoms with van der Waals surface area (Å²) in [6, 6.07) is 8.23. The summed E-state index contributed by atoms with van der Waals surface area (Å²) in [6.07, 6.45) is -3.52. The number of rotatable bonds is 6. The van der Waals surface area contributed by atoms with Gasteiger partial charge in [0.25, 0.3) is 0 Å². The molecule has 0 aliphatic carbocycles. The Morgan fingerprint density at radius 1 is 1.21 bits per heavy atom. The minimum atomic E-state index is -4.60. The lowest BCUT2D eigenvalue weighted by atomic mass is 10.1. The minimum Gasteiger partial charge on any atom is -0.480 e.